The van der Waals surface area contributed by atoms with Gasteiger partial charge in [-0.05, 0) is 13.0 Å². The van der Waals surface area contributed by atoms with Crippen LogP contribution >= 0.6 is 0 Å². The summed E-state index contributed by atoms with van der Waals surface area (Å²) in [4.78, 5) is 11.6. The lowest BCUT2D eigenvalue weighted by molar-refractivity contribution is -0.123. The van der Waals surface area contributed by atoms with Gasteiger partial charge in [0.05, 0.1) is 19.6 Å². The Morgan fingerprint density at radius 3 is 2.71 bits per heavy atom. The number of amides is 1. The molecule has 0 aromatic heterocycles. The number of carbonyl (C=O) groups is 1. The van der Waals surface area contributed by atoms with E-state index in [-0.39, 0.29) is 12.0 Å². The summed E-state index contributed by atoms with van der Waals surface area (Å²) in [5.41, 5.74) is 0.966. The average molecular weight is 237 g/mol. The van der Waals surface area contributed by atoms with Crippen LogP contribution in [0.25, 0.3) is 0 Å². The zero-order chi connectivity index (χ0) is 12.7. The van der Waals surface area contributed by atoms with Crippen molar-refractivity contribution in [2.75, 3.05) is 14.2 Å². The van der Waals surface area contributed by atoms with Gasteiger partial charge in [0, 0.05) is 19.2 Å². The molecule has 1 aromatic rings. The Kier molecular flexibility index (Phi) is 5.49. The highest BCUT2D eigenvalue weighted by Gasteiger charge is 2.08. The SMILES string of the molecule is COc1ccccc1CNC(=O)C[C@@H](C)OC. The molecule has 0 spiro atoms. The van der Waals surface area contributed by atoms with Crippen molar-refractivity contribution in [1.82, 2.24) is 5.32 Å². The van der Waals surface area contributed by atoms with Crippen LogP contribution in [0.2, 0.25) is 0 Å². The second kappa shape index (κ2) is 6.91. The van der Waals surface area contributed by atoms with Gasteiger partial charge in [-0.3, -0.25) is 4.79 Å². The monoisotopic (exact) mass is 237 g/mol. The van der Waals surface area contributed by atoms with Gasteiger partial charge < -0.3 is 14.8 Å². The van der Waals surface area contributed by atoms with Crippen molar-refractivity contribution in [2.24, 2.45) is 0 Å². The first-order chi connectivity index (χ1) is 8.17. The highest BCUT2D eigenvalue weighted by Crippen LogP contribution is 2.16. The van der Waals surface area contributed by atoms with E-state index in [1.54, 1.807) is 14.2 Å². The molecule has 0 aliphatic heterocycles. The largest absolute Gasteiger partial charge is 0.496 e. The number of hydrogen-bond donors (Lipinski definition) is 1. The average Bonchev–Trinajstić information content (AvgIpc) is 2.36. The van der Waals surface area contributed by atoms with Gasteiger partial charge in [0.25, 0.3) is 0 Å². The van der Waals surface area contributed by atoms with Gasteiger partial charge in [0.2, 0.25) is 5.91 Å². The van der Waals surface area contributed by atoms with Gasteiger partial charge >= 0.3 is 0 Å². The molecule has 0 aliphatic carbocycles. The topological polar surface area (TPSA) is 47.6 Å². The molecule has 1 aromatic carbocycles. The number of hydrogen-bond acceptors (Lipinski definition) is 3. The number of carbonyl (C=O) groups excluding carboxylic acids is 1. The minimum Gasteiger partial charge on any atom is -0.496 e. The quantitative estimate of drug-likeness (QED) is 0.819. The molecule has 1 rings (SSSR count). The molecule has 4 heteroatoms. The molecule has 0 saturated carbocycles. The van der Waals surface area contributed by atoms with E-state index in [4.69, 9.17) is 9.47 Å². The van der Waals surface area contributed by atoms with Crippen LogP contribution in [0.1, 0.15) is 18.9 Å². The summed E-state index contributed by atoms with van der Waals surface area (Å²) < 4.78 is 10.2. The lowest BCUT2D eigenvalue weighted by Crippen LogP contribution is -2.26. The van der Waals surface area contributed by atoms with Crippen LogP contribution in [-0.2, 0) is 16.1 Å². The molecule has 94 valence electrons. The maximum Gasteiger partial charge on any atom is 0.222 e. The van der Waals surface area contributed by atoms with Crippen LogP contribution in [-0.4, -0.2) is 26.2 Å². The van der Waals surface area contributed by atoms with Crippen LogP contribution in [0.4, 0.5) is 0 Å². The molecule has 0 heterocycles. The van der Waals surface area contributed by atoms with Crippen molar-refractivity contribution in [3.8, 4) is 5.75 Å². The molecule has 1 amide bonds. The summed E-state index contributed by atoms with van der Waals surface area (Å²) in [6.07, 6.45) is 0.304. The highest BCUT2D eigenvalue weighted by molar-refractivity contribution is 5.76. The van der Waals surface area contributed by atoms with Crippen molar-refractivity contribution >= 4 is 5.91 Å². The van der Waals surface area contributed by atoms with Crippen LogP contribution in [0.15, 0.2) is 24.3 Å². The van der Waals surface area contributed by atoms with Gasteiger partial charge in [-0.25, -0.2) is 0 Å². The van der Waals surface area contributed by atoms with Crippen molar-refractivity contribution in [3.05, 3.63) is 29.8 Å². The summed E-state index contributed by atoms with van der Waals surface area (Å²) in [7, 11) is 3.21. The summed E-state index contributed by atoms with van der Waals surface area (Å²) in [5, 5.41) is 2.84. The second-order valence-electron chi connectivity index (χ2n) is 3.84. The van der Waals surface area contributed by atoms with E-state index in [1.807, 2.05) is 31.2 Å². The lowest BCUT2D eigenvalue weighted by Gasteiger charge is -2.11. The fourth-order valence-corrected chi connectivity index (χ4v) is 1.46. The molecule has 1 atom stereocenters. The lowest BCUT2D eigenvalue weighted by atomic mass is 10.2. The number of nitrogens with one attached hydrogen (secondary N) is 1. The standard InChI is InChI=1S/C13H19NO3/c1-10(16-2)8-13(15)14-9-11-6-4-5-7-12(11)17-3/h4-7,10H,8-9H2,1-3H3,(H,14,15)/t10-/m1/s1. The smallest absolute Gasteiger partial charge is 0.222 e. The number of rotatable bonds is 6. The number of ether oxygens (including phenoxy) is 2. The molecule has 0 unspecified atom stereocenters. The predicted molar refractivity (Wildman–Crippen MR) is 65.9 cm³/mol. The zero-order valence-electron chi connectivity index (χ0n) is 10.5. The number of benzene rings is 1. The van der Waals surface area contributed by atoms with E-state index in [0.29, 0.717) is 13.0 Å². The third kappa shape index (κ3) is 4.44. The van der Waals surface area contributed by atoms with Crippen LogP contribution in [0.5, 0.6) is 5.75 Å². The maximum atomic E-state index is 11.6. The minimum atomic E-state index is -0.0623. The van der Waals surface area contributed by atoms with Crippen molar-refractivity contribution in [1.29, 1.82) is 0 Å². The van der Waals surface area contributed by atoms with Crippen LogP contribution < -0.4 is 10.1 Å². The maximum absolute atomic E-state index is 11.6. The Bertz CT molecular complexity index is 365. The second-order valence-corrected chi connectivity index (χ2v) is 3.84. The fraction of sp³-hybridized carbons (Fsp3) is 0.462. The fourth-order valence-electron chi connectivity index (χ4n) is 1.46. The first kappa shape index (κ1) is 13.5. The van der Waals surface area contributed by atoms with Crippen molar-refractivity contribution in [2.45, 2.75) is 26.0 Å². The summed E-state index contributed by atoms with van der Waals surface area (Å²) in [5.74, 6) is 0.762. The van der Waals surface area contributed by atoms with Crippen molar-refractivity contribution in [3.63, 3.8) is 0 Å². The van der Waals surface area contributed by atoms with E-state index in [9.17, 15) is 4.79 Å². The van der Waals surface area contributed by atoms with E-state index in [1.165, 1.54) is 0 Å². The summed E-state index contributed by atoms with van der Waals surface area (Å²) >= 11 is 0. The predicted octanol–water partition coefficient (Wildman–Crippen LogP) is 1.74. The molecule has 0 fully saturated rings. The molecule has 17 heavy (non-hydrogen) atoms. The minimum absolute atomic E-state index is 0.0229. The Morgan fingerprint density at radius 1 is 1.35 bits per heavy atom. The third-order valence-electron chi connectivity index (χ3n) is 2.54. The molecular weight excluding hydrogens is 218 g/mol. The van der Waals surface area contributed by atoms with Crippen LogP contribution in [0, 0.1) is 0 Å². The Morgan fingerprint density at radius 2 is 2.06 bits per heavy atom. The van der Waals surface area contributed by atoms with Gasteiger partial charge in [-0.2, -0.15) is 0 Å². The molecular formula is C13H19NO3. The third-order valence-corrected chi connectivity index (χ3v) is 2.54. The molecule has 0 bridgehead atoms. The first-order valence-electron chi connectivity index (χ1n) is 5.58. The van der Waals surface area contributed by atoms with E-state index in [0.717, 1.165) is 11.3 Å². The first-order valence-corrected chi connectivity index (χ1v) is 5.58. The normalized spacial score (nSPS) is 11.9. The van der Waals surface area contributed by atoms with Gasteiger partial charge in [-0.15, -0.1) is 0 Å². The molecule has 0 radical (unpaired) electrons. The van der Waals surface area contributed by atoms with E-state index >= 15 is 0 Å². The van der Waals surface area contributed by atoms with E-state index in [2.05, 4.69) is 5.32 Å². The summed E-state index contributed by atoms with van der Waals surface area (Å²) in [6.45, 7) is 2.34. The van der Waals surface area contributed by atoms with Gasteiger partial charge in [0.1, 0.15) is 5.75 Å². The number of para-hydroxylation sites is 1. The highest BCUT2D eigenvalue weighted by atomic mass is 16.5. The Hall–Kier alpha value is -1.55. The number of methoxy groups -OCH3 is 2. The molecule has 0 aliphatic rings. The van der Waals surface area contributed by atoms with Crippen molar-refractivity contribution < 1.29 is 14.3 Å². The van der Waals surface area contributed by atoms with Gasteiger partial charge in [-0.1, -0.05) is 18.2 Å². The summed E-state index contributed by atoms with van der Waals surface area (Å²) in [6, 6.07) is 7.62. The Balaban J connectivity index is 2.47. The van der Waals surface area contributed by atoms with Crippen LogP contribution in [0.3, 0.4) is 0 Å². The zero-order valence-corrected chi connectivity index (χ0v) is 10.5. The molecule has 4 nitrogen and oxygen atoms in total. The Labute approximate surface area is 102 Å². The van der Waals surface area contributed by atoms with Gasteiger partial charge in [0.15, 0.2) is 0 Å². The van der Waals surface area contributed by atoms with E-state index < -0.39 is 0 Å². The molecule has 1 N–H and O–H groups in total. The molecule has 0 saturated heterocycles.